The van der Waals surface area contributed by atoms with E-state index >= 15 is 4.39 Å². The van der Waals surface area contributed by atoms with Crippen molar-refractivity contribution in [3.8, 4) is 11.1 Å². The van der Waals surface area contributed by atoms with Crippen LogP contribution in [0.4, 0.5) is 26.3 Å². The Bertz CT molecular complexity index is 1200. The summed E-state index contributed by atoms with van der Waals surface area (Å²) in [4.78, 5) is 0. The maximum absolute atomic E-state index is 15.2. The van der Waals surface area contributed by atoms with Crippen molar-refractivity contribution < 1.29 is 26.3 Å². The third-order valence-corrected chi connectivity index (χ3v) is 5.82. The van der Waals surface area contributed by atoms with Gasteiger partial charge in [0.25, 0.3) is 0 Å². The molecule has 0 saturated heterocycles. The van der Waals surface area contributed by atoms with E-state index in [4.69, 9.17) is 0 Å². The van der Waals surface area contributed by atoms with Gasteiger partial charge >= 0.3 is 0 Å². The maximum atomic E-state index is 15.2. The molecule has 0 saturated carbocycles. The number of benzene rings is 3. The zero-order valence-electron chi connectivity index (χ0n) is 17.3. The molecular weight excluding hydrogens is 426 g/mol. The Hall–Kier alpha value is -3.02. The highest BCUT2D eigenvalue weighted by Crippen LogP contribution is 2.37. The fourth-order valence-corrected chi connectivity index (χ4v) is 4.12. The molecule has 3 aromatic carbocycles. The van der Waals surface area contributed by atoms with Crippen LogP contribution in [0.5, 0.6) is 0 Å². The summed E-state index contributed by atoms with van der Waals surface area (Å²) in [6, 6.07) is 7.24. The first-order valence-electron chi connectivity index (χ1n) is 10.4. The second-order valence-corrected chi connectivity index (χ2v) is 7.97. The SMILES string of the molecule is CCCCc1ccc(C2=CCc3c(cc(F)c(-c4cc(F)c(F)c(F)c4)c3F)C2)c(F)c1. The van der Waals surface area contributed by atoms with Gasteiger partial charge in [0, 0.05) is 5.56 Å². The highest BCUT2D eigenvalue weighted by atomic mass is 19.2. The van der Waals surface area contributed by atoms with Crippen LogP contribution in [0.25, 0.3) is 16.7 Å². The van der Waals surface area contributed by atoms with Crippen molar-refractivity contribution in [3.63, 3.8) is 0 Å². The Labute approximate surface area is 182 Å². The van der Waals surface area contributed by atoms with E-state index in [2.05, 4.69) is 6.92 Å². The lowest BCUT2D eigenvalue weighted by Crippen LogP contribution is -2.09. The Kier molecular flexibility index (Phi) is 6.13. The molecule has 0 atom stereocenters. The number of aryl methyl sites for hydroxylation is 1. The molecule has 1 aliphatic carbocycles. The molecule has 0 N–H and O–H groups in total. The molecule has 4 rings (SSSR count). The number of unbranched alkanes of at least 4 members (excludes halogenated alkanes) is 1. The van der Waals surface area contributed by atoms with Crippen molar-refractivity contribution in [1.29, 1.82) is 0 Å². The standard InChI is InChI=1S/C26H20F6/c1-2-3-4-14-5-7-18(20(27)9-14)15-6-8-19-16(10-15)11-21(28)24(25(19)31)17-12-22(29)26(32)23(30)13-17/h5-7,9,11-13H,2-4,8,10H2,1H3. The van der Waals surface area contributed by atoms with Gasteiger partial charge in [0.15, 0.2) is 17.5 Å². The number of halogens is 6. The summed E-state index contributed by atoms with van der Waals surface area (Å²) in [6.07, 6.45) is 4.58. The third kappa shape index (κ3) is 4.06. The van der Waals surface area contributed by atoms with Crippen LogP contribution < -0.4 is 0 Å². The van der Waals surface area contributed by atoms with Crippen molar-refractivity contribution in [2.24, 2.45) is 0 Å². The van der Waals surface area contributed by atoms with Crippen molar-refractivity contribution in [1.82, 2.24) is 0 Å². The molecule has 166 valence electrons. The lowest BCUT2D eigenvalue weighted by atomic mass is 9.85. The number of fused-ring (bicyclic) bond motifs is 1. The van der Waals surface area contributed by atoms with E-state index in [9.17, 15) is 22.0 Å². The van der Waals surface area contributed by atoms with Crippen LogP contribution in [0.15, 0.2) is 42.5 Å². The summed E-state index contributed by atoms with van der Waals surface area (Å²) < 4.78 is 85.1. The van der Waals surface area contributed by atoms with Crippen molar-refractivity contribution in [3.05, 3.63) is 99.6 Å². The van der Waals surface area contributed by atoms with Gasteiger partial charge in [-0.15, -0.1) is 0 Å². The minimum absolute atomic E-state index is 0.0625. The highest BCUT2D eigenvalue weighted by molar-refractivity contribution is 5.74. The highest BCUT2D eigenvalue weighted by Gasteiger charge is 2.25. The van der Waals surface area contributed by atoms with Gasteiger partial charge < -0.3 is 0 Å². The first-order chi connectivity index (χ1) is 15.3. The third-order valence-electron chi connectivity index (χ3n) is 5.82. The Balaban J connectivity index is 1.69. The summed E-state index contributed by atoms with van der Waals surface area (Å²) in [6.45, 7) is 2.06. The Morgan fingerprint density at radius 3 is 2.16 bits per heavy atom. The molecule has 6 heteroatoms. The van der Waals surface area contributed by atoms with Gasteiger partial charge in [-0.2, -0.15) is 0 Å². The largest absolute Gasteiger partial charge is 0.206 e. The topological polar surface area (TPSA) is 0 Å². The van der Waals surface area contributed by atoms with Crippen LogP contribution in [0, 0.1) is 34.9 Å². The number of rotatable bonds is 5. The van der Waals surface area contributed by atoms with E-state index in [1.54, 1.807) is 12.1 Å². The zero-order chi connectivity index (χ0) is 23.0. The van der Waals surface area contributed by atoms with Crippen molar-refractivity contribution >= 4 is 5.57 Å². The molecule has 0 aliphatic heterocycles. The summed E-state index contributed by atoms with van der Waals surface area (Å²) in [7, 11) is 0. The monoisotopic (exact) mass is 446 g/mol. The minimum Gasteiger partial charge on any atom is -0.206 e. The molecule has 0 radical (unpaired) electrons. The normalized spacial score (nSPS) is 13.2. The lowest BCUT2D eigenvalue weighted by Gasteiger charge is -2.21. The van der Waals surface area contributed by atoms with Gasteiger partial charge in [-0.25, -0.2) is 26.3 Å². The molecule has 0 unspecified atom stereocenters. The Morgan fingerprint density at radius 2 is 1.50 bits per heavy atom. The summed E-state index contributed by atoms with van der Waals surface area (Å²) in [5.41, 5.74) is 1.33. The van der Waals surface area contributed by atoms with Crippen LogP contribution in [-0.4, -0.2) is 0 Å². The van der Waals surface area contributed by atoms with Crippen LogP contribution in [0.1, 0.15) is 42.0 Å². The van der Waals surface area contributed by atoms with Gasteiger partial charge in [0.2, 0.25) is 0 Å². The van der Waals surface area contributed by atoms with E-state index in [1.165, 1.54) is 6.07 Å². The van der Waals surface area contributed by atoms with E-state index in [1.807, 2.05) is 6.07 Å². The van der Waals surface area contributed by atoms with Crippen LogP contribution >= 0.6 is 0 Å². The quantitative estimate of drug-likeness (QED) is 0.278. The van der Waals surface area contributed by atoms with Crippen LogP contribution in [0.2, 0.25) is 0 Å². The summed E-state index contributed by atoms with van der Waals surface area (Å²) in [5, 5.41) is 0. The first-order valence-corrected chi connectivity index (χ1v) is 10.4. The van der Waals surface area contributed by atoms with Gasteiger partial charge in [-0.3, -0.25) is 0 Å². The van der Waals surface area contributed by atoms with Crippen LogP contribution in [-0.2, 0) is 19.3 Å². The summed E-state index contributed by atoms with van der Waals surface area (Å²) >= 11 is 0. The van der Waals surface area contributed by atoms with Crippen molar-refractivity contribution in [2.75, 3.05) is 0 Å². The molecule has 3 aromatic rings. The van der Waals surface area contributed by atoms with Gasteiger partial charge in [0.1, 0.15) is 17.5 Å². The second kappa shape index (κ2) is 8.85. The van der Waals surface area contributed by atoms with E-state index in [-0.39, 0.29) is 24.2 Å². The van der Waals surface area contributed by atoms with Crippen molar-refractivity contribution in [2.45, 2.75) is 39.0 Å². The fraction of sp³-hybridized carbons (Fsp3) is 0.231. The Morgan fingerprint density at radius 1 is 0.781 bits per heavy atom. The molecule has 0 bridgehead atoms. The average molecular weight is 446 g/mol. The smallest absolute Gasteiger partial charge is 0.194 e. The van der Waals surface area contributed by atoms with E-state index < -0.39 is 40.2 Å². The molecule has 0 spiro atoms. The molecule has 1 aliphatic rings. The average Bonchev–Trinajstić information content (AvgIpc) is 2.75. The molecule has 0 amide bonds. The number of hydrogen-bond donors (Lipinski definition) is 0. The van der Waals surface area contributed by atoms with E-state index in [0.717, 1.165) is 30.9 Å². The zero-order valence-corrected chi connectivity index (χ0v) is 17.3. The van der Waals surface area contributed by atoms with Gasteiger partial charge in [-0.05, 0) is 77.8 Å². The fourth-order valence-electron chi connectivity index (χ4n) is 4.12. The number of allylic oxidation sites excluding steroid dienone is 2. The van der Waals surface area contributed by atoms with Gasteiger partial charge in [-0.1, -0.05) is 31.6 Å². The molecule has 0 nitrogen and oxygen atoms in total. The minimum atomic E-state index is -1.71. The second-order valence-electron chi connectivity index (χ2n) is 7.97. The summed E-state index contributed by atoms with van der Waals surface area (Å²) in [5.74, 6) is -7.14. The molecule has 0 fully saturated rings. The predicted octanol–water partition coefficient (Wildman–Crippen LogP) is 7.71. The molecular formula is C26H20F6. The van der Waals surface area contributed by atoms with Gasteiger partial charge in [0.05, 0.1) is 5.56 Å². The maximum Gasteiger partial charge on any atom is 0.194 e. The number of hydrogen-bond acceptors (Lipinski definition) is 0. The molecule has 0 aromatic heterocycles. The molecule has 0 heterocycles. The molecule has 32 heavy (non-hydrogen) atoms. The lowest BCUT2D eigenvalue weighted by molar-refractivity contribution is 0.447. The first kappa shape index (κ1) is 22.2. The van der Waals surface area contributed by atoms with Crippen LogP contribution in [0.3, 0.4) is 0 Å². The predicted molar refractivity (Wildman–Crippen MR) is 112 cm³/mol. The van der Waals surface area contributed by atoms with E-state index in [0.29, 0.717) is 28.8 Å².